The molecule has 3 heteroatoms. The zero-order valence-electron chi connectivity index (χ0n) is 10.9. The standard InChI is InChI=1S/C14H24N2O/c1-12(2)11-17-9-8-16-14-7-5-3-4-6-13(14)10-15/h13-14,16H,1,3-9,11H2,2H3. The predicted molar refractivity (Wildman–Crippen MR) is 69.6 cm³/mol. The van der Waals surface area contributed by atoms with Crippen molar-refractivity contribution >= 4 is 0 Å². The van der Waals surface area contributed by atoms with Gasteiger partial charge in [0, 0.05) is 12.6 Å². The van der Waals surface area contributed by atoms with Crippen LogP contribution in [0.5, 0.6) is 0 Å². The first-order valence-electron chi connectivity index (χ1n) is 6.59. The maximum atomic E-state index is 9.13. The molecule has 3 nitrogen and oxygen atoms in total. The van der Waals surface area contributed by atoms with Crippen LogP contribution in [0, 0.1) is 17.2 Å². The van der Waals surface area contributed by atoms with Crippen molar-refractivity contribution < 1.29 is 4.74 Å². The fourth-order valence-corrected chi connectivity index (χ4v) is 2.27. The smallest absolute Gasteiger partial charge is 0.0672 e. The topological polar surface area (TPSA) is 45.0 Å². The lowest BCUT2D eigenvalue weighted by atomic mass is 9.96. The largest absolute Gasteiger partial charge is 0.376 e. The summed E-state index contributed by atoms with van der Waals surface area (Å²) in [7, 11) is 0. The van der Waals surface area contributed by atoms with E-state index >= 15 is 0 Å². The Labute approximate surface area is 105 Å². The van der Waals surface area contributed by atoms with Crippen LogP contribution in [-0.4, -0.2) is 25.8 Å². The second-order valence-electron chi connectivity index (χ2n) is 4.94. The van der Waals surface area contributed by atoms with Gasteiger partial charge in [0.15, 0.2) is 0 Å². The molecular weight excluding hydrogens is 212 g/mol. The van der Waals surface area contributed by atoms with Gasteiger partial charge in [-0.2, -0.15) is 5.26 Å². The molecule has 1 N–H and O–H groups in total. The highest BCUT2D eigenvalue weighted by Crippen LogP contribution is 2.22. The van der Waals surface area contributed by atoms with Crippen LogP contribution < -0.4 is 5.32 Å². The molecule has 1 saturated carbocycles. The van der Waals surface area contributed by atoms with Crippen molar-refractivity contribution in [1.82, 2.24) is 5.32 Å². The summed E-state index contributed by atoms with van der Waals surface area (Å²) in [5.41, 5.74) is 1.05. The first-order chi connectivity index (χ1) is 8.24. The van der Waals surface area contributed by atoms with Crippen LogP contribution in [0.2, 0.25) is 0 Å². The maximum absolute atomic E-state index is 9.13. The van der Waals surface area contributed by atoms with Gasteiger partial charge in [-0.05, 0) is 19.8 Å². The van der Waals surface area contributed by atoms with E-state index < -0.39 is 0 Å². The molecule has 0 heterocycles. The Kier molecular flexibility index (Phi) is 6.91. The van der Waals surface area contributed by atoms with Gasteiger partial charge in [-0.3, -0.25) is 0 Å². The van der Waals surface area contributed by atoms with Crippen LogP contribution in [0.25, 0.3) is 0 Å². The van der Waals surface area contributed by atoms with Crippen molar-refractivity contribution in [2.24, 2.45) is 5.92 Å². The van der Waals surface area contributed by atoms with E-state index in [0.717, 1.165) is 25.0 Å². The molecule has 0 aliphatic heterocycles. The summed E-state index contributed by atoms with van der Waals surface area (Å²) in [5.74, 6) is 0.179. The van der Waals surface area contributed by atoms with E-state index in [-0.39, 0.29) is 5.92 Å². The third-order valence-corrected chi connectivity index (χ3v) is 3.18. The number of ether oxygens (including phenoxy) is 1. The molecule has 0 amide bonds. The molecule has 1 aliphatic rings. The number of nitriles is 1. The van der Waals surface area contributed by atoms with Gasteiger partial charge in [0.25, 0.3) is 0 Å². The minimum atomic E-state index is 0.179. The Morgan fingerprint density at radius 3 is 2.88 bits per heavy atom. The van der Waals surface area contributed by atoms with Gasteiger partial charge in [-0.25, -0.2) is 0 Å². The molecule has 0 radical (unpaired) electrons. The molecule has 2 unspecified atom stereocenters. The molecule has 0 aromatic rings. The van der Waals surface area contributed by atoms with Gasteiger partial charge < -0.3 is 10.1 Å². The minimum absolute atomic E-state index is 0.179. The van der Waals surface area contributed by atoms with E-state index in [2.05, 4.69) is 18.0 Å². The van der Waals surface area contributed by atoms with Gasteiger partial charge in [-0.15, -0.1) is 0 Å². The third-order valence-electron chi connectivity index (χ3n) is 3.18. The van der Waals surface area contributed by atoms with Crippen molar-refractivity contribution in [2.45, 2.75) is 45.1 Å². The van der Waals surface area contributed by atoms with Crippen molar-refractivity contribution in [2.75, 3.05) is 19.8 Å². The summed E-state index contributed by atoms with van der Waals surface area (Å²) in [6.45, 7) is 7.91. The average molecular weight is 236 g/mol. The Bertz CT molecular complexity index is 270. The van der Waals surface area contributed by atoms with Gasteiger partial charge in [0.05, 0.1) is 25.2 Å². The van der Waals surface area contributed by atoms with Crippen molar-refractivity contribution in [3.8, 4) is 6.07 Å². The van der Waals surface area contributed by atoms with Gasteiger partial charge in [-0.1, -0.05) is 31.4 Å². The first-order valence-corrected chi connectivity index (χ1v) is 6.59. The summed E-state index contributed by atoms with van der Waals surface area (Å²) in [4.78, 5) is 0. The fraction of sp³-hybridized carbons (Fsp3) is 0.786. The van der Waals surface area contributed by atoms with E-state index in [4.69, 9.17) is 10.00 Å². The molecule has 0 aromatic carbocycles. The Hall–Kier alpha value is -0.850. The zero-order chi connectivity index (χ0) is 12.5. The van der Waals surface area contributed by atoms with Gasteiger partial charge in [0.2, 0.25) is 0 Å². The lowest BCUT2D eigenvalue weighted by Gasteiger charge is -2.20. The van der Waals surface area contributed by atoms with Crippen LogP contribution in [0.15, 0.2) is 12.2 Å². The summed E-state index contributed by atoms with van der Waals surface area (Å²) in [5, 5.41) is 12.6. The molecule has 0 bridgehead atoms. The van der Waals surface area contributed by atoms with E-state index in [0.29, 0.717) is 19.3 Å². The number of rotatable bonds is 6. The summed E-state index contributed by atoms with van der Waals surface area (Å²) < 4.78 is 5.44. The molecule has 1 rings (SSSR count). The SMILES string of the molecule is C=C(C)COCCNC1CCCCCC1C#N. The highest BCUT2D eigenvalue weighted by atomic mass is 16.5. The quantitative estimate of drug-likeness (QED) is 0.438. The van der Waals surface area contributed by atoms with Crippen LogP contribution in [0.1, 0.15) is 39.0 Å². The lowest BCUT2D eigenvalue weighted by Crippen LogP contribution is -2.37. The second-order valence-corrected chi connectivity index (χ2v) is 4.94. The first kappa shape index (κ1) is 14.2. The molecule has 1 aliphatic carbocycles. The van der Waals surface area contributed by atoms with Crippen molar-refractivity contribution in [3.05, 3.63) is 12.2 Å². The van der Waals surface area contributed by atoms with Crippen LogP contribution >= 0.6 is 0 Å². The molecule has 0 aromatic heterocycles. The number of hydrogen-bond donors (Lipinski definition) is 1. The monoisotopic (exact) mass is 236 g/mol. The van der Waals surface area contributed by atoms with Crippen LogP contribution in [0.4, 0.5) is 0 Å². The Morgan fingerprint density at radius 1 is 1.41 bits per heavy atom. The zero-order valence-corrected chi connectivity index (χ0v) is 10.9. The molecule has 0 saturated heterocycles. The Balaban J connectivity index is 2.19. The minimum Gasteiger partial charge on any atom is -0.376 e. The molecular formula is C14H24N2O. The van der Waals surface area contributed by atoms with E-state index in [1.54, 1.807) is 0 Å². The highest BCUT2D eigenvalue weighted by Gasteiger charge is 2.22. The lowest BCUT2D eigenvalue weighted by molar-refractivity contribution is 0.153. The molecule has 96 valence electrons. The maximum Gasteiger partial charge on any atom is 0.0672 e. The second kappa shape index (κ2) is 8.27. The normalized spacial score (nSPS) is 24.9. The Morgan fingerprint density at radius 2 is 2.18 bits per heavy atom. The van der Waals surface area contributed by atoms with E-state index in [9.17, 15) is 0 Å². The highest BCUT2D eigenvalue weighted by molar-refractivity contribution is 4.93. The summed E-state index contributed by atoms with van der Waals surface area (Å²) in [6, 6.07) is 2.79. The number of nitrogens with zero attached hydrogens (tertiary/aromatic N) is 1. The van der Waals surface area contributed by atoms with Crippen molar-refractivity contribution in [3.63, 3.8) is 0 Å². The van der Waals surface area contributed by atoms with Crippen molar-refractivity contribution in [1.29, 1.82) is 5.26 Å². The molecule has 2 atom stereocenters. The van der Waals surface area contributed by atoms with Crippen LogP contribution in [-0.2, 0) is 4.74 Å². The average Bonchev–Trinajstić information content (AvgIpc) is 2.53. The van der Waals surface area contributed by atoms with Crippen LogP contribution in [0.3, 0.4) is 0 Å². The predicted octanol–water partition coefficient (Wildman–Crippen LogP) is 2.64. The summed E-state index contributed by atoms with van der Waals surface area (Å²) >= 11 is 0. The summed E-state index contributed by atoms with van der Waals surface area (Å²) in [6.07, 6.45) is 5.87. The van der Waals surface area contributed by atoms with Gasteiger partial charge >= 0.3 is 0 Å². The molecule has 1 fully saturated rings. The molecule has 17 heavy (non-hydrogen) atoms. The number of nitrogens with one attached hydrogen (secondary N) is 1. The van der Waals surface area contributed by atoms with E-state index in [1.165, 1.54) is 19.3 Å². The number of hydrogen-bond acceptors (Lipinski definition) is 3. The fourth-order valence-electron chi connectivity index (χ4n) is 2.27. The molecule has 0 spiro atoms. The van der Waals surface area contributed by atoms with E-state index in [1.807, 2.05) is 6.92 Å². The van der Waals surface area contributed by atoms with Gasteiger partial charge in [0.1, 0.15) is 0 Å². The third kappa shape index (κ3) is 5.86.